The number of carbonyl (C=O) groups is 1. The lowest BCUT2D eigenvalue weighted by atomic mass is 9.72. The number of rotatable bonds is 2. The first-order valence-electron chi connectivity index (χ1n) is 5.18. The zero-order valence-corrected chi connectivity index (χ0v) is 8.52. The fourth-order valence-electron chi connectivity index (χ4n) is 2.16. The van der Waals surface area contributed by atoms with Gasteiger partial charge in [0.15, 0.2) is 0 Å². The number of hydrogen-bond acceptors (Lipinski definition) is 2. The molecule has 15 heavy (non-hydrogen) atoms. The van der Waals surface area contributed by atoms with Gasteiger partial charge < -0.3 is 9.90 Å². The molecule has 0 bridgehead atoms. The molecule has 1 atom stereocenters. The van der Waals surface area contributed by atoms with Crippen LogP contribution in [-0.2, 0) is 10.2 Å². The lowest BCUT2D eigenvalue weighted by Gasteiger charge is -2.30. The van der Waals surface area contributed by atoms with Crippen LogP contribution in [0.2, 0.25) is 0 Å². The minimum Gasteiger partial charge on any atom is -0.508 e. The molecule has 0 radical (unpaired) electrons. The third kappa shape index (κ3) is 1.67. The third-order valence-electron chi connectivity index (χ3n) is 3.07. The van der Waals surface area contributed by atoms with Crippen LogP contribution in [0, 0.1) is 0 Å². The van der Waals surface area contributed by atoms with E-state index in [4.69, 9.17) is 0 Å². The first-order chi connectivity index (χ1) is 7.28. The molecular weight excluding hydrogens is 188 g/mol. The fraction of sp³-hybridized carbons (Fsp3) is 0.308. The molecule has 0 heterocycles. The SMILES string of the molecule is O=CC1(c2ccccc2O)CC=CCC1. The van der Waals surface area contributed by atoms with Crippen molar-refractivity contribution in [3.8, 4) is 5.75 Å². The summed E-state index contributed by atoms with van der Waals surface area (Å²) in [4.78, 5) is 11.3. The molecule has 0 aliphatic heterocycles. The molecule has 0 fully saturated rings. The molecule has 1 unspecified atom stereocenters. The van der Waals surface area contributed by atoms with Crippen molar-refractivity contribution in [3.05, 3.63) is 42.0 Å². The van der Waals surface area contributed by atoms with Crippen molar-refractivity contribution in [2.24, 2.45) is 0 Å². The Bertz CT molecular complexity index is 395. The predicted octanol–water partition coefficient (Wildman–Crippen LogP) is 2.57. The first kappa shape index (κ1) is 9.97. The van der Waals surface area contributed by atoms with Crippen LogP contribution in [0.1, 0.15) is 24.8 Å². The monoisotopic (exact) mass is 202 g/mol. The average Bonchev–Trinajstić information content (AvgIpc) is 2.30. The molecule has 2 rings (SSSR count). The van der Waals surface area contributed by atoms with E-state index in [1.54, 1.807) is 12.1 Å². The van der Waals surface area contributed by atoms with Crippen LogP contribution in [-0.4, -0.2) is 11.4 Å². The van der Waals surface area contributed by atoms with Crippen LogP contribution < -0.4 is 0 Å². The lowest BCUT2D eigenvalue weighted by Crippen LogP contribution is -2.29. The Balaban J connectivity index is 2.46. The average molecular weight is 202 g/mol. The zero-order chi connectivity index (χ0) is 10.7. The van der Waals surface area contributed by atoms with Crippen LogP contribution in [0.25, 0.3) is 0 Å². The van der Waals surface area contributed by atoms with Gasteiger partial charge in [-0.05, 0) is 25.3 Å². The van der Waals surface area contributed by atoms with Crippen molar-refractivity contribution >= 4 is 6.29 Å². The molecule has 0 saturated carbocycles. The van der Waals surface area contributed by atoms with Crippen LogP contribution in [0.4, 0.5) is 0 Å². The van der Waals surface area contributed by atoms with E-state index in [0.29, 0.717) is 6.42 Å². The Kier molecular flexibility index (Phi) is 2.58. The summed E-state index contributed by atoms with van der Waals surface area (Å²) < 4.78 is 0. The van der Waals surface area contributed by atoms with E-state index in [1.807, 2.05) is 18.2 Å². The van der Waals surface area contributed by atoms with Crippen molar-refractivity contribution in [2.45, 2.75) is 24.7 Å². The molecular formula is C13H14O2. The highest BCUT2D eigenvalue weighted by atomic mass is 16.3. The topological polar surface area (TPSA) is 37.3 Å². The largest absolute Gasteiger partial charge is 0.508 e. The highest BCUT2D eigenvalue weighted by Crippen LogP contribution is 2.38. The van der Waals surface area contributed by atoms with Crippen LogP contribution in [0.15, 0.2) is 36.4 Å². The number of phenolic OH excluding ortho intramolecular Hbond substituents is 1. The lowest BCUT2D eigenvalue weighted by molar-refractivity contribution is -0.112. The summed E-state index contributed by atoms with van der Waals surface area (Å²) in [6.45, 7) is 0. The molecule has 1 aliphatic rings. The second kappa shape index (κ2) is 3.89. The maximum atomic E-state index is 11.3. The van der Waals surface area contributed by atoms with Crippen molar-refractivity contribution in [3.63, 3.8) is 0 Å². The second-order valence-electron chi connectivity index (χ2n) is 4.01. The molecule has 0 saturated heterocycles. The Hall–Kier alpha value is -1.57. The zero-order valence-electron chi connectivity index (χ0n) is 8.52. The number of hydrogen-bond donors (Lipinski definition) is 1. The Morgan fingerprint density at radius 1 is 1.27 bits per heavy atom. The normalized spacial score (nSPS) is 25.1. The number of carbonyl (C=O) groups excluding carboxylic acids is 1. The van der Waals surface area contributed by atoms with Crippen LogP contribution >= 0.6 is 0 Å². The summed E-state index contributed by atoms with van der Waals surface area (Å²) in [7, 11) is 0. The molecule has 1 aromatic rings. The predicted molar refractivity (Wildman–Crippen MR) is 58.8 cm³/mol. The molecule has 0 aromatic heterocycles. The maximum Gasteiger partial charge on any atom is 0.130 e. The smallest absolute Gasteiger partial charge is 0.130 e. The summed E-state index contributed by atoms with van der Waals surface area (Å²) in [5, 5.41) is 9.78. The van der Waals surface area contributed by atoms with E-state index in [2.05, 4.69) is 6.08 Å². The fourth-order valence-corrected chi connectivity index (χ4v) is 2.16. The second-order valence-corrected chi connectivity index (χ2v) is 4.01. The van der Waals surface area contributed by atoms with E-state index in [1.165, 1.54) is 0 Å². The van der Waals surface area contributed by atoms with Crippen molar-refractivity contribution in [2.75, 3.05) is 0 Å². The molecule has 2 heteroatoms. The van der Waals surface area contributed by atoms with Crippen molar-refractivity contribution < 1.29 is 9.90 Å². The Morgan fingerprint density at radius 2 is 2.07 bits per heavy atom. The maximum absolute atomic E-state index is 11.3. The van der Waals surface area contributed by atoms with Gasteiger partial charge in [-0.1, -0.05) is 30.4 Å². The number of para-hydroxylation sites is 1. The molecule has 0 amide bonds. The van der Waals surface area contributed by atoms with Gasteiger partial charge in [-0.3, -0.25) is 0 Å². The molecule has 2 nitrogen and oxygen atoms in total. The molecule has 1 aromatic carbocycles. The van der Waals surface area contributed by atoms with Crippen molar-refractivity contribution in [1.29, 1.82) is 0 Å². The number of benzene rings is 1. The highest BCUT2D eigenvalue weighted by Gasteiger charge is 2.33. The summed E-state index contributed by atoms with van der Waals surface area (Å²) in [5.41, 5.74) is 0.240. The van der Waals surface area contributed by atoms with Gasteiger partial charge in [0.1, 0.15) is 12.0 Å². The first-order valence-corrected chi connectivity index (χ1v) is 5.18. The Morgan fingerprint density at radius 3 is 2.67 bits per heavy atom. The number of aromatic hydroxyl groups is 1. The van der Waals surface area contributed by atoms with E-state index in [0.717, 1.165) is 24.7 Å². The van der Waals surface area contributed by atoms with Gasteiger partial charge in [0.2, 0.25) is 0 Å². The van der Waals surface area contributed by atoms with E-state index in [9.17, 15) is 9.90 Å². The molecule has 1 aliphatic carbocycles. The minimum absolute atomic E-state index is 0.222. The van der Waals surface area contributed by atoms with Gasteiger partial charge in [-0.2, -0.15) is 0 Å². The van der Waals surface area contributed by atoms with Crippen molar-refractivity contribution in [1.82, 2.24) is 0 Å². The van der Waals surface area contributed by atoms with Gasteiger partial charge in [0.25, 0.3) is 0 Å². The third-order valence-corrected chi connectivity index (χ3v) is 3.07. The van der Waals surface area contributed by atoms with Crippen LogP contribution in [0.5, 0.6) is 5.75 Å². The van der Waals surface area contributed by atoms with Gasteiger partial charge in [-0.25, -0.2) is 0 Å². The van der Waals surface area contributed by atoms with Gasteiger partial charge in [0, 0.05) is 5.56 Å². The standard InChI is InChI=1S/C13H14O2/c14-10-13(8-4-1-5-9-13)11-6-2-3-7-12(11)15/h1-4,6-7,10,15H,5,8-9H2. The summed E-state index contributed by atoms with van der Waals surface area (Å²) >= 11 is 0. The quantitative estimate of drug-likeness (QED) is 0.591. The Labute approximate surface area is 89.2 Å². The van der Waals surface area contributed by atoms with Gasteiger partial charge in [0.05, 0.1) is 5.41 Å². The van der Waals surface area contributed by atoms with Crippen LogP contribution in [0.3, 0.4) is 0 Å². The molecule has 1 N–H and O–H groups in total. The number of phenols is 1. The number of allylic oxidation sites excluding steroid dienone is 2. The number of aldehydes is 1. The van der Waals surface area contributed by atoms with E-state index in [-0.39, 0.29) is 5.75 Å². The van der Waals surface area contributed by atoms with Gasteiger partial charge in [-0.15, -0.1) is 0 Å². The molecule has 0 spiro atoms. The van der Waals surface area contributed by atoms with E-state index >= 15 is 0 Å². The molecule has 78 valence electrons. The summed E-state index contributed by atoms with van der Waals surface area (Å²) in [6.07, 6.45) is 7.45. The summed E-state index contributed by atoms with van der Waals surface area (Å²) in [6, 6.07) is 7.11. The highest BCUT2D eigenvalue weighted by molar-refractivity contribution is 5.71. The summed E-state index contributed by atoms with van der Waals surface area (Å²) in [5.74, 6) is 0.222. The minimum atomic E-state index is -0.514. The van der Waals surface area contributed by atoms with Gasteiger partial charge >= 0.3 is 0 Å². The van der Waals surface area contributed by atoms with E-state index < -0.39 is 5.41 Å².